The van der Waals surface area contributed by atoms with Gasteiger partial charge in [-0.05, 0) is 79.9 Å². The highest BCUT2D eigenvalue weighted by atomic mass is 16.6. The third kappa shape index (κ3) is 6.67. The number of benzene rings is 3. The first-order valence-corrected chi connectivity index (χ1v) is 10.3. The molecule has 1 N–H and O–H groups in total. The maximum atomic E-state index is 12.4. The van der Waals surface area contributed by atoms with Crippen LogP contribution in [0, 0.1) is 20.8 Å². The molecule has 7 nitrogen and oxygen atoms in total. The molecule has 3 aromatic rings. The maximum absolute atomic E-state index is 12.4. The fraction of sp³-hybridized carbons (Fsp3) is 0.192. The molecule has 0 saturated carbocycles. The van der Waals surface area contributed by atoms with Crippen molar-refractivity contribution in [3.05, 3.63) is 88.5 Å². The average Bonchev–Trinajstić information content (AvgIpc) is 2.81. The largest absolute Gasteiger partial charge is 0.493 e. The Kier molecular flexibility index (Phi) is 7.81. The molecule has 0 unspecified atom stereocenters. The summed E-state index contributed by atoms with van der Waals surface area (Å²) in [5.74, 6) is 0.401. The normalized spacial score (nSPS) is 10.7. The Morgan fingerprint density at radius 3 is 2.36 bits per heavy atom. The van der Waals surface area contributed by atoms with Gasteiger partial charge in [0.05, 0.1) is 18.9 Å². The predicted molar refractivity (Wildman–Crippen MR) is 126 cm³/mol. The maximum Gasteiger partial charge on any atom is 0.343 e. The van der Waals surface area contributed by atoms with Gasteiger partial charge in [-0.2, -0.15) is 5.10 Å². The number of ether oxygens (including phenoxy) is 3. The molecule has 3 rings (SSSR count). The fourth-order valence-electron chi connectivity index (χ4n) is 2.86. The van der Waals surface area contributed by atoms with Crippen LogP contribution in [-0.4, -0.2) is 31.8 Å². The number of carbonyl (C=O) groups excluding carboxylic acids is 2. The molecule has 0 bridgehead atoms. The molecule has 0 spiro atoms. The molecule has 33 heavy (non-hydrogen) atoms. The summed E-state index contributed by atoms with van der Waals surface area (Å²) >= 11 is 0. The van der Waals surface area contributed by atoms with Gasteiger partial charge in [0.2, 0.25) is 0 Å². The standard InChI is InChI=1S/C26H26N2O5/c1-17-5-9-21(10-6-17)26(30)33-23-12-8-20(14-24(23)31-4)15-27-28-25(29)16-32-22-11-7-18(2)19(3)13-22/h5-15H,16H2,1-4H3,(H,28,29)/b27-15-. The van der Waals surface area contributed by atoms with E-state index in [1.807, 2.05) is 51.1 Å². The average molecular weight is 447 g/mol. The third-order valence-corrected chi connectivity index (χ3v) is 4.93. The number of esters is 1. The molecule has 7 heteroatoms. The highest BCUT2D eigenvalue weighted by molar-refractivity contribution is 5.91. The lowest BCUT2D eigenvalue weighted by atomic mass is 10.1. The SMILES string of the molecule is COc1cc(/C=N\NC(=O)COc2ccc(C)c(C)c2)ccc1OC(=O)c1ccc(C)cc1. The Labute approximate surface area is 193 Å². The Balaban J connectivity index is 1.56. The number of amides is 1. The van der Waals surface area contributed by atoms with Gasteiger partial charge < -0.3 is 14.2 Å². The molecular formula is C26H26N2O5. The van der Waals surface area contributed by atoms with Gasteiger partial charge in [0.1, 0.15) is 5.75 Å². The molecule has 0 radical (unpaired) electrons. The number of nitrogens with one attached hydrogen (secondary N) is 1. The highest BCUT2D eigenvalue weighted by Crippen LogP contribution is 2.28. The summed E-state index contributed by atoms with van der Waals surface area (Å²) < 4.78 is 16.3. The van der Waals surface area contributed by atoms with Crippen molar-refractivity contribution in [1.29, 1.82) is 0 Å². The summed E-state index contributed by atoms with van der Waals surface area (Å²) in [6, 6.07) is 17.7. The van der Waals surface area contributed by atoms with Crippen molar-refractivity contribution < 1.29 is 23.8 Å². The van der Waals surface area contributed by atoms with Crippen molar-refractivity contribution in [1.82, 2.24) is 5.43 Å². The lowest BCUT2D eigenvalue weighted by molar-refractivity contribution is -0.123. The first-order chi connectivity index (χ1) is 15.9. The number of rotatable bonds is 8. The van der Waals surface area contributed by atoms with Crippen LogP contribution in [-0.2, 0) is 4.79 Å². The fourth-order valence-corrected chi connectivity index (χ4v) is 2.86. The number of carbonyl (C=O) groups is 2. The molecule has 0 aliphatic heterocycles. The zero-order valence-electron chi connectivity index (χ0n) is 19.0. The van der Waals surface area contributed by atoms with E-state index < -0.39 is 5.97 Å². The van der Waals surface area contributed by atoms with Crippen molar-refractivity contribution in [3.63, 3.8) is 0 Å². The predicted octanol–water partition coefficient (Wildman–Crippen LogP) is 4.37. The van der Waals surface area contributed by atoms with Gasteiger partial charge in [-0.1, -0.05) is 23.8 Å². The summed E-state index contributed by atoms with van der Waals surface area (Å²) in [5, 5.41) is 3.94. The van der Waals surface area contributed by atoms with E-state index in [2.05, 4.69) is 10.5 Å². The number of methoxy groups -OCH3 is 1. The molecule has 0 saturated heterocycles. The smallest absolute Gasteiger partial charge is 0.343 e. The van der Waals surface area contributed by atoms with E-state index in [0.29, 0.717) is 22.6 Å². The number of aryl methyl sites for hydroxylation is 3. The Bertz CT molecular complexity index is 1170. The van der Waals surface area contributed by atoms with E-state index in [-0.39, 0.29) is 18.3 Å². The van der Waals surface area contributed by atoms with Crippen LogP contribution >= 0.6 is 0 Å². The monoisotopic (exact) mass is 446 g/mol. The second-order valence-electron chi connectivity index (χ2n) is 7.49. The number of nitrogens with zero attached hydrogens (tertiary/aromatic N) is 1. The highest BCUT2D eigenvalue weighted by Gasteiger charge is 2.13. The molecule has 0 heterocycles. The second kappa shape index (κ2) is 10.9. The molecular weight excluding hydrogens is 420 g/mol. The van der Waals surface area contributed by atoms with Crippen molar-refractivity contribution in [2.45, 2.75) is 20.8 Å². The Morgan fingerprint density at radius 2 is 1.67 bits per heavy atom. The Hall–Kier alpha value is -4.13. The van der Waals surface area contributed by atoms with Gasteiger partial charge in [0, 0.05) is 0 Å². The minimum absolute atomic E-state index is 0.156. The molecule has 0 fully saturated rings. The third-order valence-electron chi connectivity index (χ3n) is 4.93. The van der Waals surface area contributed by atoms with E-state index in [1.54, 1.807) is 30.3 Å². The van der Waals surface area contributed by atoms with E-state index in [0.717, 1.165) is 16.7 Å². The lowest BCUT2D eigenvalue weighted by Crippen LogP contribution is -2.24. The molecule has 1 amide bonds. The summed E-state index contributed by atoms with van der Waals surface area (Å²) in [6.45, 7) is 5.78. The molecule has 170 valence electrons. The molecule has 0 aromatic heterocycles. The lowest BCUT2D eigenvalue weighted by Gasteiger charge is -2.10. The minimum Gasteiger partial charge on any atom is -0.493 e. The van der Waals surface area contributed by atoms with E-state index in [1.165, 1.54) is 13.3 Å². The summed E-state index contributed by atoms with van der Waals surface area (Å²) in [7, 11) is 1.48. The zero-order valence-corrected chi connectivity index (χ0v) is 19.0. The van der Waals surface area contributed by atoms with Crippen LogP contribution in [0.3, 0.4) is 0 Å². The van der Waals surface area contributed by atoms with Crippen LogP contribution < -0.4 is 19.6 Å². The van der Waals surface area contributed by atoms with E-state index in [4.69, 9.17) is 14.2 Å². The van der Waals surface area contributed by atoms with Crippen LogP contribution in [0.2, 0.25) is 0 Å². The quantitative estimate of drug-likeness (QED) is 0.240. The first-order valence-electron chi connectivity index (χ1n) is 10.3. The number of hydrogen-bond acceptors (Lipinski definition) is 6. The van der Waals surface area contributed by atoms with Crippen LogP contribution in [0.4, 0.5) is 0 Å². The van der Waals surface area contributed by atoms with Crippen LogP contribution in [0.25, 0.3) is 0 Å². The van der Waals surface area contributed by atoms with Gasteiger partial charge in [-0.3, -0.25) is 4.79 Å². The summed E-state index contributed by atoms with van der Waals surface area (Å²) in [5.41, 5.74) is 6.81. The van der Waals surface area contributed by atoms with Gasteiger partial charge in [0.25, 0.3) is 5.91 Å². The first kappa shape index (κ1) is 23.5. The van der Waals surface area contributed by atoms with Crippen molar-refractivity contribution >= 4 is 18.1 Å². The topological polar surface area (TPSA) is 86.2 Å². The van der Waals surface area contributed by atoms with Gasteiger partial charge in [-0.15, -0.1) is 0 Å². The second-order valence-corrected chi connectivity index (χ2v) is 7.49. The van der Waals surface area contributed by atoms with Crippen molar-refractivity contribution in [2.24, 2.45) is 5.10 Å². The number of hydrazone groups is 1. The number of hydrogen-bond donors (Lipinski definition) is 1. The van der Waals surface area contributed by atoms with Crippen LogP contribution in [0.5, 0.6) is 17.2 Å². The van der Waals surface area contributed by atoms with Gasteiger partial charge in [-0.25, -0.2) is 10.2 Å². The van der Waals surface area contributed by atoms with E-state index in [9.17, 15) is 9.59 Å². The van der Waals surface area contributed by atoms with Crippen molar-refractivity contribution in [3.8, 4) is 17.2 Å². The zero-order chi connectivity index (χ0) is 23.8. The summed E-state index contributed by atoms with van der Waals surface area (Å²) in [4.78, 5) is 24.3. The van der Waals surface area contributed by atoms with Gasteiger partial charge in [0.15, 0.2) is 18.1 Å². The molecule has 0 aliphatic rings. The van der Waals surface area contributed by atoms with Crippen LogP contribution in [0.1, 0.15) is 32.6 Å². The van der Waals surface area contributed by atoms with Gasteiger partial charge >= 0.3 is 5.97 Å². The van der Waals surface area contributed by atoms with Crippen LogP contribution in [0.15, 0.2) is 65.8 Å². The Morgan fingerprint density at radius 1 is 0.909 bits per heavy atom. The minimum atomic E-state index is -0.481. The summed E-state index contributed by atoms with van der Waals surface area (Å²) in [6.07, 6.45) is 1.46. The van der Waals surface area contributed by atoms with E-state index >= 15 is 0 Å². The van der Waals surface area contributed by atoms with Crippen molar-refractivity contribution in [2.75, 3.05) is 13.7 Å². The molecule has 3 aromatic carbocycles. The molecule has 0 aliphatic carbocycles. The molecule has 0 atom stereocenters.